The maximum Gasteiger partial charge on any atom is 0.267 e. The molecule has 1 unspecified atom stereocenters. The number of likely N-dealkylation sites (tertiary alicyclic amines) is 1. The van der Waals surface area contributed by atoms with Gasteiger partial charge in [0.25, 0.3) is 11.5 Å². The molecule has 1 aliphatic heterocycles. The summed E-state index contributed by atoms with van der Waals surface area (Å²) in [6.07, 6.45) is 1.60. The molecule has 1 fully saturated rings. The van der Waals surface area contributed by atoms with E-state index in [1.54, 1.807) is 22.8 Å². The summed E-state index contributed by atoms with van der Waals surface area (Å²) in [5, 5.41) is 14.3. The highest BCUT2D eigenvalue weighted by molar-refractivity contribution is 6.02. The lowest BCUT2D eigenvalue weighted by atomic mass is 9.99. The molecule has 6 nitrogen and oxygen atoms in total. The van der Waals surface area contributed by atoms with Crippen LogP contribution in [-0.2, 0) is 0 Å². The lowest BCUT2D eigenvalue weighted by molar-refractivity contribution is 0.0891. The Balaban J connectivity index is 1.51. The van der Waals surface area contributed by atoms with E-state index in [-0.39, 0.29) is 23.4 Å². The maximum absolute atomic E-state index is 13.2. The molecule has 4 rings (SSSR count). The molecule has 0 spiro atoms. The summed E-state index contributed by atoms with van der Waals surface area (Å²) < 4.78 is 1.58. The van der Waals surface area contributed by atoms with Crippen molar-refractivity contribution < 1.29 is 9.90 Å². The fraction of sp³-hybridized carbons (Fsp3) is 0.385. The van der Waals surface area contributed by atoms with Crippen molar-refractivity contribution in [3.05, 3.63) is 76.1 Å². The highest BCUT2D eigenvalue weighted by Crippen LogP contribution is 2.28. The first-order valence-corrected chi connectivity index (χ1v) is 11.3. The van der Waals surface area contributed by atoms with Gasteiger partial charge in [-0.3, -0.25) is 14.5 Å². The Morgan fingerprint density at radius 2 is 1.62 bits per heavy atom. The van der Waals surface area contributed by atoms with Gasteiger partial charge in [0.1, 0.15) is 11.3 Å². The fourth-order valence-electron chi connectivity index (χ4n) is 4.70. The number of para-hydroxylation sites is 1. The smallest absolute Gasteiger partial charge is 0.267 e. The molecule has 32 heavy (non-hydrogen) atoms. The van der Waals surface area contributed by atoms with Crippen molar-refractivity contribution in [1.29, 1.82) is 0 Å². The highest BCUT2D eigenvalue weighted by atomic mass is 16.3. The van der Waals surface area contributed by atoms with Crippen LogP contribution in [0.1, 0.15) is 61.6 Å². The predicted molar refractivity (Wildman–Crippen MR) is 127 cm³/mol. The molecule has 0 saturated carbocycles. The standard InChI is InChI=1S/C26H31N3O3/c1-17(2)29-22-12-8-7-11-21(22)24(30)23(26(29)32)25(31)27-20-13-15-28(16-14-20)18(3)19-9-5-4-6-10-19/h4-12,17-18,20,30H,13-16H2,1-3H3,(H,27,31). The Hall–Kier alpha value is -3.12. The molecule has 0 radical (unpaired) electrons. The molecule has 0 aliphatic carbocycles. The molecule has 168 valence electrons. The zero-order valence-corrected chi connectivity index (χ0v) is 18.9. The minimum Gasteiger partial charge on any atom is -0.506 e. The van der Waals surface area contributed by atoms with Gasteiger partial charge in [-0.15, -0.1) is 0 Å². The Morgan fingerprint density at radius 1 is 1.00 bits per heavy atom. The largest absolute Gasteiger partial charge is 0.506 e. The third-order valence-corrected chi connectivity index (χ3v) is 6.53. The maximum atomic E-state index is 13.2. The first-order valence-electron chi connectivity index (χ1n) is 11.3. The molecular weight excluding hydrogens is 402 g/mol. The number of amides is 1. The monoisotopic (exact) mass is 433 g/mol. The van der Waals surface area contributed by atoms with Gasteiger partial charge in [-0.2, -0.15) is 0 Å². The molecule has 1 amide bonds. The number of hydrogen-bond donors (Lipinski definition) is 2. The van der Waals surface area contributed by atoms with Gasteiger partial charge in [0.05, 0.1) is 5.52 Å². The third kappa shape index (κ3) is 4.15. The lowest BCUT2D eigenvalue weighted by Crippen LogP contribution is -2.46. The van der Waals surface area contributed by atoms with Crippen molar-refractivity contribution >= 4 is 16.8 Å². The van der Waals surface area contributed by atoms with Crippen LogP contribution in [0.15, 0.2) is 59.4 Å². The van der Waals surface area contributed by atoms with E-state index >= 15 is 0 Å². The summed E-state index contributed by atoms with van der Waals surface area (Å²) in [7, 11) is 0. The quantitative estimate of drug-likeness (QED) is 0.631. The van der Waals surface area contributed by atoms with Gasteiger partial charge in [0.15, 0.2) is 0 Å². The van der Waals surface area contributed by atoms with Gasteiger partial charge < -0.3 is 15.0 Å². The van der Waals surface area contributed by atoms with E-state index in [1.807, 2.05) is 26.0 Å². The number of aromatic hydroxyl groups is 1. The summed E-state index contributed by atoms with van der Waals surface area (Å²) in [5.74, 6) is -0.739. The molecule has 0 bridgehead atoms. The van der Waals surface area contributed by atoms with Gasteiger partial charge in [-0.25, -0.2) is 0 Å². The summed E-state index contributed by atoms with van der Waals surface area (Å²) in [6, 6.07) is 17.7. The van der Waals surface area contributed by atoms with E-state index in [0.29, 0.717) is 16.9 Å². The predicted octanol–water partition coefficient (Wildman–Crippen LogP) is 4.24. The molecule has 1 aliphatic rings. The van der Waals surface area contributed by atoms with Gasteiger partial charge in [-0.05, 0) is 51.3 Å². The molecule has 1 aromatic heterocycles. The van der Waals surface area contributed by atoms with Crippen LogP contribution in [0, 0.1) is 0 Å². The number of benzene rings is 2. The lowest BCUT2D eigenvalue weighted by Gasteiger charge is -2.36. The second kappa shape index (κ2) is 9.17. The Morgan fingerprint density at radius 3 is 2.28 bits per heavy atom. The molecule has 2 N–H and O–H groups in total. The Kier molecular flexibility index (Phi) is 6.33. The Labute approximate surface area is 188 Å². The van der Waals surface area contributed by atoms with Crippen LogP contribution in [0.2, 0.25) is 0 Å². The number of piperidine rings is 1. The number of nitrogens with one attached hydrogen (secondary N) is 1. The van der Waals surface area contributed by atoms with Gasteiger partial charge in [0, 0.05) is 36.6 Å². The van der Waals surface area contributed by atoms with Crippen LogP contribution in [0.3, 0.4) is 0 Å². The number of carbonyl (C=O) groups excluding carboxylic acids is 1. The van der Waals surface area contributed by atoms with Gasteiger partial charge >= 0.3 is 0 Å². The van der Waals surface area contributed by atoms with Crippen molar-refractivity contribution in [1.82, 2.24) is 14.8 Å². The highest BCUT2D eigenvalue weighted by Gasteiger charge is 2.28. The number of nitrogens with zero attached hydrogens (tertiary/aromatic N) is 2. The number of pyridine rings is 1. The average molecular weight is 434 g/mol. The Bertz CT molecular complexity index is 1160. The fourth-order valence-corrected chi connectivity index (χ4v) is 4.70. The van der Waals surface area contributed by atoms with Crippen molar-refractivity contribution in [2.45, 2.75) is 51.7 Å². The van der Waals surface area contributed by atoms with E-state index in [9.17, 15) is 14.7 Å². The van der Waals surface area contributed by atoms with Crippen LogP contribution in [-0.4, -0.2) is 39.6 Å². The third-order valence-electron chi connectivity index (χ3n) is 6.53. The van der Waals surface area contributed by atoms with Crippen molar-refractivity contribution in [3.63, 3.8) is 0 Å². The van der Waals surface area contributed by atoms with Crippen molar-refractivity contribution in [3.8, 4) is 5.75 Å². The molecule has 2 aromatic carbocycles. The SMILES string of the molecule is CC(c1ccccc1)N1CCC(NC(=O)c2c(O)c3ccccc3n(C(C)C)c2=O)CC1. The van der Waals surface area contributed by atoms with Crippen LogP contribution < -0.4 is 10.9 Å². The number of hydrogen-bond acceptors (Lipinski definition) is 4. The minimum absolute atomic E-state index is 0.0282. The molecule has 1 saturated heterocycles. The van der Waals surface area contributed by atoms with Crippen molar-refractivity contribution in [2.24, 2.45) is 0 Å². The van der Waals surface area contributed by atoms with E-state index in [1.165, 1.54) is 5.56 Å². The van der Waals surface area contributed by atoms with E-state index in [4.69, 9.17) is 0 Å². The van der Waals surface area contributed by atoms with E-state index in [2.05, 4.69) is 41.4 Å². The number of carbonyl (C=O) groups is 1. The summed E-state index contributed by atoms with van der Waals surface area (Å²) in [4.78, 5) is 28.7. The second-order valence-corrected chi connectivity index (χ2v) is 8.88. The molecule has 3 aromatic rings. The van der Waals surface area contributed by atoms with E-state index < -0.39 is 11.5 Å². The summed E-state index contributed by atoms with van der Waals surface area (Å²) >= 11 is 0. The number of fused-ring (bicyclic) bond motifs is 1. The summed E-state index contributed by atoms with van der Waals surface area (Å²) in [6.45, 7) is 7.73. The first kappa shape index (κ1) is 22.1. The number of aromatic nitrogens is 1. The van der Waals surface area contributed by atoms with Crippen LogP contribution >= 0.6 is 0 Å². The van der Waals surface area contributed by atoms with Gasteiger partial charge in [-0.1, -0.05) is 42.5 Å². The van der Waals surface area contributed by atoms with E-state index in [0.717, 1.165) is 25.9 Å². The van der Waals surface area contributed by atoms with Crippen LogP contribution in [0.25, 0.3) is 10.9 Å². The van der Waals surface area contributed by atoms with Crippen LogP contribution in [0.5, 0.6) is 5.75 Å². The normalized spacial score (nSPS) is 16.4. The van der Waals surface area contributed by atoms with Crippen LogP contribution in [0.4, 0.5) is 0 Å². The molecular formula is C26H31N3O3. The zero-order valence-electron chi connectivity index (χ0n) is 18.9. The first-order chi connectivity index (χ1) is 15.4. The topological polar surface area (TPSA) is 74.6 Å². The van der Waals surface area contributed by atoms with Crippen molar-refractivity contribution in [2.75, 3.05) is 13.1 Å². The zero-order chi connectivity index (χ0) is 22.8. The second-order valence-electron chi connectivity index (χ2n) is 8.88. The molecule has 6 heteroatoms. The molecule has 1 atom stereocenters. The number of rotatable bonds is 5. The minimum atomic E-state index is -0.498. The summed E-state index contributed by atoms with van der Waals surface area (Å²) in [5.41, 5.74) is 1.29. The molecule has 2 heterocycles. The van der Waals surface area contributed by atoms with Gasteiger partial charge in [0.2, 0.25) is 0 Å². The average Bonchev–Trinajstić information content (AvgIpc) is 2.79.